The molecule has 164 valence electrons. The summed E-state index contributed by atoms with van der Waals surface area (Å²) in [6.07, 6.45) is -12.5. The van der Waals surface area contributed by atoms with Crippen molar-refractivity contribution in [1.29, 1.82) is 0 Å². The van der Waals surface area contributed by atoms with E-state index < -0.39 is 38.4 Å². The monoisotopic (exact) mass is 566 g/mol. The highest BCUT2D eigenvalue weighted by molar-refractivity contribution is 9.11. The topological polar surface area (TPSA) is 64.3 Å². The highest BCUT2D eigenvalue weighted by Crippen LogP contribution is 2.54. The van der Waals surface area contributed by atoms with E-state index in [0.717, 1.165) is 0 Å². The van der Waals surface area contributed by atoms with E-state index in [1.807, 2.05) is 0 Å². The van der Waals surface area contributed by atoms with Crippen LogP contribution in [0, 0.1) is 0 Å². The fourth-order valence-electron chi connectivity index (χ4n) is 2.52. The summed E-state index contributed by atoms with van der Waals surface area (Å²) in [5, 5.41) is 2.30. The van der Waals surface area contributed by atoms with Gasteiger partial charge in [0.1, 0.15) is 0 Å². The Morgan fingerprint density at radius 2 is 1.50 bits per heavy atom. The van der Waals surface area contributed by atoms with Crippen LogP contribution in [0.2, 0.25) is 0 Å². The minimum atomic E-state index is -6.27. The molecule has 0 aliphatic rings. The molecule has 0 saturated heterocycles. The van der Waals surface area contributed by atoms with Crippen molar-refractivity contribution in [2.75, 3.05) is 18.2 Å². The average Bonchev–Trinajstić information content (AvgIpc) is 2.61. The van der Waals surface area contributed by atoms with E-state index in [0.29, 0.717) is 0 Å². The van der Waals surface area contributed by atoms with Crippen LogP contribution < -0.4 is 15.8 Å². The quantitative estimate of drug-likeness (QED) is 0.334. The third-order valence-electron chi connectivity index (χ3n) is 3.95. The number of halogens is 9. The summed E-state index contributed by atoms with van der Waals surface area (Å²) in [5.74, 6) is -0.817. The highest BCUT2D eigenvalue weighted by atomic mass is 79.9. The van der Waals surface area contributed by atoms with Gasteiger partial charge in [0.15, 0.2) is 5.75 Å². The van der Waals surface area contributed by atoms with Gasteiger partial charge in [0.2, 0.25) is 0 Å². The van der Waals surface area contributed by atoms with Crippen LogP contribution in [-0.2, 0) is 5.67 Å². The molecule has 0 radical (unpaired) electrons. The molecule has 0 fully saturated rings. The van der Waals surface area contributed by atoms with Crippen LogP contribution in [0.3, 0.4) is 0 Å². The number of anilines is 2. The molecule has 2 rings (SSSR count). The number of methoxy groups -OCH3 is 1. The van der Waals surface area contributed by atoms with Gasteiger partial charge >= 0.3 is 18.0 Å². The Morgan fingerprint density at radius 3 is 1.93 bits per heavy atom. The van der Waals surface area contributed by atoms with Gasteiger partial charge in [-0.2, -0.15) is 26.3 Å². The SMILES string of the molecule is COc1c(N)cccc1C(=O)Nc1c(Br)cc(C(F)(C(F)(F)F)C(F)(F)F)cc1Br. The number of benzene rings is 2. The lowest BCUT2D eigenvalue weighted by molar-refractivity contribution is -0.348. The molecule has 2 aromatic rings. The molecule has 0 unspecified atom stereocenters. The molecule has 0 spiro atoms. The van der Waals surface area contributed by atoms with Crippen LogP contribution in [0.1, 0.15) is 15.9 Å². The summed E-state index contributed by atoms with van der Waals surface area (Å²) in [6.45, 7) is 0. The molecule has 2 aromatic carbocycles. The van der Waals surface area contributed by atoms with Crippen molar-refractivity contribution in [3.8, 4) is 5.75 Å². The largest absolute Gasteiger partial charge is 0.494 e. The van der Waals surface area contributed by atoms with Gasteiger partial charge in [-0.15, -0.1) is 0 Å². The van der Waals surface area contributed by atoms with Crippen molar-refractivity contribution in [3.63, 3.8) is 0 Å². The lowest BCUT2D eigenvalue weighted by atomic mass is 9.94. The molecule has 0 aliphatic carbocycles. The summed E-state index contributed by atoms with van der Waals surface area (Å²) >= 11 is 5.55. The predicted octanol–water partition coefficient (Wildman–Crippen LogP) is 6.34. The molecule has 0 aromatic heterocycles. The Balaban J connectivity index is 2.52. The zero-order chi connectivity index (χ0) is 23.1. The number of para-hydroxylation sites is 1. The Kier molecular flexibility index (Phi) is 6.67. The van der Waals surface area contributed by atoms with E-state index in [4.69, 9.17) is 10.5 Å². The molecule has 0 atom stereocenters. The van der Waals surface area contributed by atoms with Crippen molar-refractivity contribution in [1.82, 2.24) is 0 Å². The van der Waals surface area contributed by atoms with Gasteiger partial charge in [-0.05, 0) is 56.1 Å². The minimum absolute atomic E-state index is 0.00998. The van der Waals surface area contributed by atoms with Gasteiger partial charge in [-0.25, -0.2) is 4.39 Å². The zero-order valence-corrected chi connectivity index (χ0v) is 17.9. The number of nitrogen functional groups attached to an aromatic ring is 1. The highest BCUT2D eigenvalue weighted by Gasteiger charge is 2.73. The number of hydrogen-bond acceptors (Lipinski definition) is 3. The predicted molar refractivity (Wildman–Crippen MR) is 102 cm³/mol. The summed E-state index contributed by atoms with van der Waals surface area (Å²) in [7, 11) is 1.25. The second kappa shape index (κ2) is 8.25. The number of amides is 1. The number of carbonyl (C=O) groups is 1. The van der Waals surface area contributed by atoms with E-state index in [1.54, 1.807) is 0 Å². The van der Waals surface area contributed by atoms with E-state index in [-0.39, 0.29) is 34.8 Å². The summed E-state index contributed by atoms with van der Waals surface area (Å²) < 4.78 is 96.3. The molecule has 0 saturated carbocycles. The van der Waals surface area contributed by atoms with Gasteiger partial charge in [-0.1, -0.05) is 6.07 Å². The number of rotatable bonds is 4. The van der Waals surface area contributed by atoms with E-state index in [1.165, 1.54) is 25.3 Å². The maximum absolute atomic E-state index is 14.3. The fourth-order valence-corrected chi connectivity index (χ4v) is 3.91. The van der Waals surface area contributed by atoms with Crippen molar-refractivity contribution >= 4 is 49.1 Å². The van der Waals surface area contributed by atoms with Crippen molar-refractivity contribution in [2.24, 2.45) is 0 Å². The molecule has 3 N–H and O–H groups in total. The first kappa shape index (κ1) is 24.3. The van der Waals surface area contributed by atoms with Gasteiger partial charge in [0, 0.05) is 14.5 Å². The summed E-state index contributed by atoms with van der Waals surface area (Å²) in [4.78, 5) is 12.5. The number of carbonyl (C=O) groups excluding carboxylic acids is 1. The molecule has 0 aliphatic heterocycles. The molecule has 0 heterocycles. The van der Waals surface area contributed by atoms with Crippen LogP contribution >= 0.6 is 31.9 Å². The van der Waals surface area contributed by atoms with Crippen LogP contribution in [0.25, 0.3) is 0 Å². The maximum atomic E-state index is 14.3. The fraction of sp³-hybridized carbons (Fsp3) is 0.235. The van der Waals surface area contributed by atoms with Crippen LogP contribution in [0.4, 0.5) is 42.1 Å². The van der Waals surface area contributed by atoms with Gasteiger partial charge < -0.3 is 15.8 Å². The molecule has 13 heteroatoms. The minimum Gasteiger partial charge on any atom is -0.494 e. The third kappa shape index (κ3) is 4.22. The van der Waals surface area contributed by atoms with Gasteiger partial charge in [0.05, 0.1) is 24.0 Å². The van der Waals surface area contributed by atoms with Crippen molar-refractivity contribution < 1.29 is 40.3 Å². The second-order valence-corrected chi connectivity index (χ2v) is 7.56. The third-order valence-corrected chi connectivity index (χ3v) is 5.20. The first-order valence-corrected chi connectivity index (χ1v) is 9.29. The molecular formula is C17H11Br2F7N2O2. The first-order valence-electron chi connectivity index (χ1n) is 7.70. The Morgan fingerprint density at radius 1 is 1.00 bits per heavy atom. The Bertz CT molecular complexity index is 941. The standard InChI is InChI=1S/C17H11Br2F7N2O2/c1-30-13-8(3-2-4-11(13)27)14(29)28-12-9(18)5-7(6-10(12)19)15(20,16(21,22)23)17(24,25)26/h2-6H,27H2,1H3,(H,28,29). The van der Waals surface area contributed by atoms with Gasteiger partial charge in [-0.3, -0.25) is 4.79 Å². The number of hydrogen-bond donors (Lipinski definition) is 2. The lowest BCUT2D eigenvalue weighted by Gasteiger charge is -2.31. The number of ether oxygens (including phenoxy) is 1. The average molecular weight is 568 g/mol. The summed E-state index contributed by atoms with van der Waals surface area (Å²) in [5.41, 5.74) is -1.81. The number of nitrogens with one attached hydrogen (secondary N) is 1. The van der Waals surface area contributed by atoms with Crippen LogP contribution in [0.15, 0.2) is 39.3 Å². The Hall–Kier alpha value is -2.02. The lowest BCUT2D eigenvalue weighted by Crippen LogP contribution is -2.50. The van der Waals surface area contributed by atoms with E-state index in [2.05, 4.69) is 37.2 Å². The molecule has 0 bridgehead atoms. The van der Waals surface area contributed by atoms with Crippen molar-refractivity contribution in [3.05, 3.63) is 50.4 Å². The molecule has 4 nitrogen and oxygen atoms in total. The molecule has 30 heavy (non-hydrogen) atoms. The summed E-state index contributed by atoms with van der Waals surface area (Å²) in [6, 6.07) is 4.80. The first-order chi connectivity index (χ1) is 13.6. The van der Waals surface area contributed by atoms with E-state index >= 15 is 0 Å². The molecule has 1 amide bonds. The maximum Gasteiger partial charge on any atom is 0.435 e. The number of alkyl halides is 7. The van der Waals surface area contributed by atoms with Crippen LogP contribution in [0.5, 0.6) is 5.75 Å². The van der Waals surface area contributed by atoms with E-state index in [9.17, 15) is 35.5 Å². The molecular weight excluding hydrogens is 557 g/mol. The van der Waals surface area contributed by atoms with Gasteiger partial charge in [0.25, 0.3) is 5.91 Å². The normalized spacial score (nSPS) is 12.6. The van der Waals surface area contributed by atoms with Crippen molar-refractivity contribution in [2.45, 2.75) is 18.0 Å². The zero-order valence-electron chi connectivity index (χ0n) is 14.7. The smallest absolute Gasteiger partial charge is 0.435 e. The number of nitrogens with two attached hydrogens (primary N) is 1. The Labute approximate surface area is 181 Å². The van der Waals surface area contributed by atoms with Crippen LogP contribution in [-0.4, -0.2) is 25.4 Å². The second-order valence-electron chi connectivity index (χ2n) is 5.85.